The van der Waals surface area contributed by atoms with E-state index in [0.29, 0.717) is 31.2 Å². The average Bonchev–Trinajstić information content (AvgIpc) is 2.70. The number of aromatic nitrogens is 1. The number of benzene rings is 1. The van der Waals surface area contributed by atoms with Crippen LogP contribution >= 0.6 is 0 Å². The fourth-order valence-electron chi connectivity index (χ4n) is 2.72. The van der Waals surface area contributed by atoms with Crippen LogP contribution in [-0.2, 0) is 15.7 Å². The van der Waals surface area contributed by atoms with Gasteiger partial charge >= 0.3 is 12.1 Å². The van der Waals surface area contributed by atoms with Gasteiger partial charge in [0.2, 0.25) is 0 Å². The fourth-order valence-corrected chi connectivity index (χ4v) is 2.72. The maximum absolute atomic E-state index is 12.9. The van der Waals surface area contributed by atoms with E-state index >= 15 is 0 Å². The van der Waals surface area contributed by atoms with Gasteiger partial charge in [-0.15, -0.1) is 0 Å². The first-order valence-corrected chi connectivity index (χ1v) is 9.14. The molecule has 1 aliphatic rings. The van der Waals surface area contributed by atoms with E-state index in [1.165, 1.54) is 18.3 Å². The van der Waals surface area contributed by atoms with Crippen molar-refractivity contribution < 1.29 is 32.2 Å². The number of halogens is 3. The number of pyridine rings is 1. The molecule has 1 aromatic carbocycles. The third kappa shape index (κ3) is 5.37. The molecular formula is C20H19F3N4O4. The smallest absolute Gasteiger partial charge is 0.433 e. The van der Waals surface area contributed by atoms with Crippen LogP contribution in [0.4, 0.5) is 24.5 Å². The van der Waals surface area contributed by atoms with E-state index in [9.17, 15) is 22.8 Å². The molecule has 2 aromatic rings. The lowest BCUT2D eigenvalue weighted by atomic mass is 10.1. The number of rotatable bonds is 6. The lowest BCUT2D eigenvalue weighted by molar-refractivity contribution is -0.141. The molecule has 0 atom stereocenters. The number of aliphatic imine (C=N–C) groups is 1. The Morgan fingerprint density at radius 2 is 2.10 bits per heavy atom. The summed E-state index contributed by atoms with van der Waals surface area (Å²) in [5, 5.41) is 2.40. The number of nitrogens with two attached hydrogens (primary N) is 1. The van der Waals surface area contributed by atoms with E-state index < -0.39 is 29.4 Å². The molecule has 0 radical (unpaired) electrons. The molecule has 1 fully saturated rings. The molecule has 0 spiro atoms. The Morgan fingerprint density at radius 3 is 2.71 bits per heavy atom. The maximum Gasteiger partial charge on any atom is 0.433 e. The van der Waals surface area contributed by atoms with Crippen molar-refractivity contribution in [2.24, 2.45) is 10.9 Å². The quantitative estimate of drug-likeness (QED) is 0.409. The van der Waals surface area contributed by atoms with Crippen molar-refractivity contribution in [3.8, 4) is 0 Å². The van der Waals surface area contributed by atoms with Crippen LogP contribution in [0.2, 0.25) is 0 Å². The number of hydrogen-bond acceptors (Lipinski definition) is 7. The molecule has 0 bridgehead atoms. The highest BCUT2D eigenvalue weighted by Crippen LogP contribution is 2.28. The van der Waals surface area contributed by atoms with Crippen LogP contribution in [0.3, 0.4) is 0 Å². The first-order valence-electron chi connectivity index (χ1n) is 9.14. The van der Waals surface area contributed by atoms with Crippen LogP contribution in [0.1, 0.15) is 32.1 Å². The number of methoxy groups -OCH3 is 1. The molecule has 0 saturated carbocycles. The largest absolute Gasteiger partial charge is 0.465 e. The molecule has 3 N–H and O–H groups in total. The van der Waals surface area contributed by atoms with Crippen LogP contribution < -0.4 is 11.1 Å². The Hall–Kier alpha value is -3.47. The van der Waals surface area contributed by atoms with Crippen molar-refractivity contribution in [1.82, 2.24) is 4.98 Å². The zero-order valence-electron chi connectivity index (χ0n) is 16.4. The predicted molar refractivity (Wildman–Crippen MR) is 106 cm³/mol. The van der Waals surface area contributed by atoms with Gasteiger partial charge in [0.1, 0.15) is 11.4 Å². The third-order valence-electron chi connectivity index (χ3n) is 4.45. The molecule has 11 heteroatoms. The van der Waals surface area contributed by atoms with Crippen molar-refractivity contribution in [1.29, 1.82) is 0 Å². The van der Waals surface area contributed by atoms with Crippen LogP contribution in [0.5, 0.6) is 0 Å². The molecule has 1 saturated heterocycles. The van der Waals surface area contributed by atoms with Crippen molar-refractivity contribution in [2.45, 2.75) is 6.18 Å². The Kier molecular flexibility index (Phi) is 6.54. The average molecular weight is 436 g/mol. The second-order valence-electron chi connectivity index (χ2n) is 6.78. The van der Waals surface area contributed by atoms with Gasteiger partial charge in [-0.1, -0.05) is 6.07 Å². The molecule has 164 valence electrons. The van der Waals surface area contributed by atoms with Crippen molar-refractivity contribution >= 4 is 29.5 Å². The van der Waals surface area contributed by atoms with Gasteiger partial charge in [-0.3, -0.25) is 9.79 Å². The Balaban J connectivity index is 1.89. The highest BCUT2D eigenvalue weighted by molar-refractivity contribution is 6.08. The predicted octanol–water partition coefficient (Wildman–Crippen LogP) is 2.79. The molecule has 3 rings (SSSR count). The molecule has 1 aliphatic heterocycles. The van der Waals surface area contributed by atoms with Crippen LogP contribution in [0.25, 0.3) is 0 Å². The van der Waals surface area contributed by atoms with Gasteiger partial charge in [-0.05, 0) is 24.3 Å². The molecule has 1 aromatic heterocycles. The Bertz CT molecular complexity index is 1020. The molecule has 0 aliphatic carbocycles. The second-order valence-corrected chi connectivity index (χ2v) is 6.78. The summed E-state index contributed by atoms with van der Waals surface area (Å²) in [6.07, 6.45) is -3.21. The molecule has 2 heterocycles. The second kappa shape index (κ2) is 9.13. The standard InChI is InChI=1S/C20H19F3N4O4/c1-30-19(29)13-6-14(24)12(8-25-7-11-9-31-10-11)5-16(13)27-18(28)15-3-2-4-17(26-15)20(21,22)23/h2-6,8,11H,7,9-10,24H2,1H3,(H,27,28). The number of nitrogens with zero attached hydrogens (tertiary/aromatic N) is 2. The normalized spacial score (nSPS) is 14.3. The zero-order valence-corrected chi connectivity index (χ0v) is 16.4. The summed E-state index contributed by atoms with van der Waals surface area (Å²) in [5.41, 5.74) is 4.87. The zero-order chi connectivity index (χ0) is 22.6. The molecule has 1 amide bonds. The number of alkyl halides is 3. The summed E-state index contributed by atoms with van der Waals surface area (Å²) >= 11 is 0. The lowest BCUT2D eigenvalue weighted by Crippen LogP contribution is -2.29. The summed E-state index contributed by atoms with van der Waals surface area (Å²) < 4.78 is 48.4. The molecule has 8 nitrogen and oxygen atoms in total. The Labute approximate surface area is 175 Å². The number of nitrogens with one attached hydrogen (secondary N) is 1. The SMILES string of the molecule is COC(=O)c1cc(N)c(C=NCC2COC2)cc1NC(=O)c1cccc(C(F)(F)F)n1. The fraction of sp³-hybridized carbons (Fsp3) is 0.300. The number of hydrogen-bond donors (Lipinski definition) is 2. The Morgan fingerprint density at radius 1 is 1.35 bits per heavy atom. The van der Waals surface area contributed by atoms with E-state index in [1.54, 1.807) is 0 Å². The highest BCUT2D eigenvalue weighted by Gasteiger charge is 2.33. The number of esters is 1. The van der Waals surface area contributed by atoms with Crippen LogP contribution in [-0.4, -0.2) is 49.9 Å². The minimum absolute atomic E-state index is 0.00121. The van der Waals surface area contributed by atoms with E-state index in [-0.39, 0.29) is 16.9 Å². The van der Waals surface area contributed by atoms with Crippen molar-refractivity contribution in [3.63, 3.8) is 0 Å². The third-order valence-corrected chi connectivity index (χ3v) is 4.45. The number of ether oxygens (including phenoxy) is 2. The number of anilines is 2. The van der Waals surface area contributed by atoms with Gasteiger partial charge in [-0.25, -0.2) is 9.78 Å². The van der Waals surface area contributed by atoms with E-state index in [4.69, 9.17) is 15.2 Å². The summed E-state index contributed by atoms with van der Waals surface area (Å²) in [6.45, 7) is 1.77. The van der Waals surface area contributed by atoms with Gasteiger partial charge in [0.05, 0.1) is 31.6 Å². The van der Waals surface area contributed by atoms with Crippen molar-refractivity contribution in [3.05, 3.63) is 52.8 Å². The number of nitrogen functional groups attached to an aromatic ring is 1. The number of carbonyl (C=O) groups excluding carboxylic acids is 2. The first-order chi connectivity index (χ1) is 14.7. The van der Waals surface area contributed by atoms with Gasteiger partial charge in [-0.2, -0.15) is 13.2 Å². The topological polar surface area (TPSA) is 116 Å². The van der Waals surface area contributed by atoms with Crippen molar-refractivity contribution in [2.75, 3.05) is 37.9 Å². The van der Waals surface area contributed by atoms with Gasteiger partial charge in [0.25, 0.3) is 5.91 Å². The molecule has 31 heavy (non-hydrogen) atoms. The summed E-state index contributed by atoms with van der Waals surface area (Å²) in [4.78, 5) is 32.3. The number of amides is 1. The van der Waals surface area contributed by atoms with Gasteiger partial charge < -0.3 is 20.5 Å². The minimum Gasteiger partial charge on any atom is -0.465 e. The highest BCUT2D eigenvalue weighted by atomic mass is 19.4. The first kappa shape index (κ1) is 22.2. The number of carbonyl (C=O) groups is 2. The molecule has 0 unspecified atom stereocenters. The lowest BCUT2D eigenvalue weighted by Gasteiger charge is -2.23. The monoisotopic (exact) mass is 436 g/mol. The summed E-state index contributed by atoms with van der Waals surface area (Å²) in [7, 11) is 1.15. The van der Waals surface area contributed by atoms with Crippen LogP contribution in [0.15, 0.2) is 35.3 Å². The van der Waals surface area contributed by atoms with E-state index in [2.05, 4.69) is 15.3 Å². The van der Waals surface area contributed by atoms with Gasteiger partial charge in [0.15, 0.2) is 0 Å². The van der Waals surface area contributed by atoms with E-state index in [0.717, 1.165) is 25.3 Å². The van der Waals surface area contributed by atoms with E-state index in [1.807, 2.05) is 0 Å². The van der Waals surface area contributed by atoms with Gasteiger partial charge in [0, 0.05) is 29.9 Å². The van der Waals surface area contributed by atoms with Crippen LogP contribution in [0, 0.1) is 5.92 Å². The summed E-state index contributed by atoms with van der Waals surface area (Å²) in [6, 6.07) is 5.64. The maximum atomic E-state index is 12.9. The summed E-state index contributed by atoms with van der Waals surface area (Å²) in [5.74, 6) is -1.40. The molecular weight excluding hydrogens is 417 g/mol. The minimum atomic E-state index is -4.70.